The molecule has 0 spiro atoms. The molecule has 0 atom stereocenters. The van der Waals surface area contributed by atoms with Crippen molar-refractivity contribution in [3.8, 4) is 0 Å². The third-order valence-corrected chi connectivity index (χ3v) is 4.46. The number of nitrogens with one attached hydrogen (secondary N) is 2. The monoisotopic (exact) mass is 536 g/mol. The van der Waals surface area contributed by atoms with Crippen LogP contribution in [0.2, 0.25) is 0 Å². The van der Waals surface area contributed by atoms with Crippen molar-refractivity contribution < 1.29 is 55.4 Å². The van der Waals surface area contributed by atoms with Gasteiger partial charge in [0, 0.05) is 12.1 Å². The highest BCUT2D eigenvalue weighted by Crippen LogP contribution is 2.35. The van der Waals surface area contributed by atoms with E-state index in [1.165, 1.54) is 36.4 Å². The molecule has 2 aromatic carbocycles. The molecule has 2 heterocycles. The fourth-order valence-electron chi connectivity index (χ4n) is 2.78. The molecule has 4 amide bonds. The van der Waals surface area contributed by atoms with Crippen LogP contribution in [-0.2, 0) is 0 Å². The third-order valence-electron chi connectivity index (χ3n) is 4.46. The van der Waals surface area contributed by atoms with Crippen molar-refractivity contribution in [3.63, 3.8) is 0 Å². The van der Waals surface area contributed by atoms with Crippen LogP contribution in [0.4, 0.5) is 37.7 Å². The summed E-state index contributed by atoms with van der Waals surface area (Å²) in [5.41, 5.74) is -0.866. The van der Waals surface area contributed by atoms with Crippen LogP contribution in [0.1, 0.15) is 41.4 Å². The number of fused-ring (bicyclic) bond motifs is 2. The second kappa shape index (κ2) is 10.4. The van der Waals surface area contributed by atoms with Crippen molar-refractivity contribution in [1.29, 1.82) is 0 Å². The van der Waals surface area contributed by atoms with Gasteiger partial charge in [0.1, 0.15) is 11.1 Å². The van der Waals surface area contributed by atoms with E-state index in [4.69, 9.17) is 0 Å². The number of halogens is 6. The van der Waals surface area contributed by atoms with E-state index in [1.54, 1.807) is 0 Å². The Kier molecular flexibility index (Phi) is 7.95. The molecule has 196 valence electrons. The molecule has 0 saturated heterocycles. The number of carbonyl (C=O) groups is 4. The Hall–Kier alpha value is -4.90. The highest BCUT2D eigenvalue weighted by atomic mass is 19.4. The highest BCUT2D eigenvalue weighted by Gasteiger charge is 2.57. The smallest absolute Gasteiger partial charge is 0.288 e. The van der Waals surface area contributed by atoms with E-state index in [1.807, 2.05) is 10.6 Å². The second-order valence-corrected chi connectivity index (χ2v) is 6.82. The van der Waals surface area contributed by atoms with Gasteiger partial charge in [0.25, 0.3) is 35.0 Å². The van der Waals surface area contributed by atoms with E-state index in [2.05, 4.69) is 0 Å². The number of carbonyl (C=O) groups excluding carboxylic acids is 4. The van der Waals surface area contributed by atoms with E-state index in [9.17, 15) is 65.7 Å². The Morgan fingerprint density at radius 3 is 1.27 bits per heavy atom. The Morgan fingerprint density at radius 1 is 0.676 bits per heavy atom. The Balaban J connectivity index is 0.000000201. The first-order valence-corrected chi connectivity index (χ1v) is 9.30. The molecule has 37 heavy (non-hydrogen) atoms. The van der Waals surface area contributed by atoms with E-state index >= 15 is 0 Å². The molecule has 2 aliphatic heterocycles. The standard InChI is InChI=1S/2C8H4N2O4.C3H2F6/c2*11-7-4-2-1-3-5(10(13)14)6(4)8(12)9-7;4-1-2(5,6)3(7,8)9/h2*1-3H,(H,9,11,12);1H2. The lowest BCUT2D eigenvalue weighted by Crippen LogP contribution is -2.38. The van der Waals surface area contributed by atoms with Crippen LogP contribution >= 0.6 is 0 Å². The largest absolute Gasteiger partial charge is 0.456 e. The summed E-state index contributed by atoms with van der Waals surface area (Å²) in [6, 6.07) is 7.88. The summed E-state index contributed by atoms with van der Waals surface area (Å²) in [5, 5.41) is 25.0. The normalized spacial score (nSPS) is 13.8. The number of hydrogen-bond donors (Lipinski definition) is 2. The molecule has 0 aliphatic carbocycles. The Morgan fingerprint density at radius 2 is 1.03 bits per heavy atom. The van der Waals surface area contributed by atoms with E-state index < -0.39 is 52.2 Å². The zero-order chi connectivity index (χ0) is 28.3. The predicted octanol–water partition coefficient (Wildman–Crippen LogP) is 3.11. The quantitative estimate of drug-likeness (QED) is 0.260. The number of benzene rings is 2. The molecular formula is C19H10F6N4O8. The number of hydrogen-bond acceptors (Lipinski definition) is 8. The topological polar surface area (TPSA) is 179 Å². The molecule has 0 saturated carbocycles. The molecule has 0 radical (unpaired) electrons. The lowest BCUT2D eigenvalue weighted by molar-refractivity contribution is -0.385. The Bertz CT molecular complexity index is 1240. The molecule has 0 fully saturated rings. The van der Waals surface area contributed by atoms with Crippen molar-refractivity contribution in [2.75, 3.05) is 6.67 Å². The van der Waals surface area contributed by atoms with E-state index in [0.29, 0.717) is 0 Å². The van der Waals surface area contributed by atoms with Gasteiger partial charge in [-0.15, -0.1) is 0 Å². The summed E-state index contributed by atoms with van der Waals surface area (Å²) >= 11 is 0. The molecule has 2 N–H and O–H groups in total. The van der Waals surface area contributed by atoms with Gasteiger partial charge in [-0.1, -0.05) is 12.1 Å². The first kappa shape index (κ1) is 28.3. The zero-order valence-corrected chi connectivity index (χ0v) is 17.6. The third kappa shape index (κ3) is 5.85. The van der Waals surface area contributed by atoms with Crippen molar-refractivity contribution >= 4 is 35.0 Å². The summed E-state index contributed by atoms with van der Waals surface area (Å²) in [7, 11) is 0. The number of nitro groups is 2. The summed E-state index contributed by atoms with van der Waals surface area (Å²) in [6.45, 7) is -2.70. The van der Waals surface area contributed by atoms with Gasteiger partial charge in [0.15, 0.2) is 6.67 Å². The predicted molar refractivity (Wildman–Crippen MR) is 107 cm³/mol. The lowest BCUT2D eigenvalue weighted by atomic mass is 10.1. The van der Waals surface area contributed by atoms with Crippen molar-refractivity contribution in [1.82, 2.24) is 10.6 Å². The zero-order valence-electron chi connectivity index (χ0n) is 17.6. The summed E-state index contributed by atoms with van der Waals surface area (Å²) < 4.78 is 65.6. The van der Waals surface area contributed by atoms with Crippen molar-refractivity contribution in [3.05, 3.63) is 78.9 Å². The van der Waals surface area contributed by atoms with Gasteiger partial charge in [-0.3, -0.25) is 50.0 Å². The van der Waals surface area contributed by atoms with Gasteiger partial charge < -0.3 is 0 Å². The summed E-state index contributed by atoms with van der Waals surface area (Å²) in [4.78, 5) is 64.2. The Labute approximate surface area is 199 Å². The minimum Gasteiger partial charge on any atom is -0.288 e. The number of amides is 4. The number of nitro benzene ring substituents is 2. The molecule has 0 bridgehead atoms. The van der Waals surface area contributed by atoms with Gasteiger partial charge in [-0.2, -0.15) is 22.0 Å². The fourth-order valence-corrected chi connectivity index (χ4v) is 2.78. The van der Waals surface area contributed by atoms with Crippen LogP contribution in [0, 0.1) is 20.2 Å². The number of imide groups is 2. The maximum atomic E-state index is 11.2. The summed E-state index contributed by atoms with van der Waals surface area (Å²) in [5.74, 6) is -7.79. The molecule has 2 aromatic rings. The molecule has 0 aromatic heterocycles. The second-order valence-electron chi connectivity index (χ2n) is 6.82. The maximum absolute atomic E-state index is 11.2. The fraction of sp³-hybridized carbons (Fsp3) is 0.158. The first-order chi connectivity index (χ1) is 17.0. The minimum atomic E-state index is -5.76. The van der Waals surface area contributed by atoms with Gasteiger partial charge in [0.05, 0.1) is 21.0 Å². The molecular weight excluding hydrogens is 526 g/mol. The minimum absolute atomic E-state index is 0.0594. The van der Waals surface area contributed by atoms with Crippen LogP contribution in [0.3, 0.4) is 0 Å². The van der Waals surface area contributed by atoms with Crippen LogP contribution in [0.25, 0.3) is 0 Å². The molecule has 2 aliphatic rings. The van der Waals surface area contributed by atoms with Crippen LogP contribution in [-0.4, -0.2) is 52.2 Å². The molecule has 4 rings (SSSR count). The maximum Gasteiger partial charge on any atom is 0.456 e. The molecule has 18 heteroatoms. The van der Waals surface area contributed by atoms with Crippen LogP contribution in [0.15, 0.2) is 36.4 Å². The van der Waals surface area contributed by atoms with Gasteiger partial charge >= 0.3 is 12.1 Å². The van der Waals surface area contributed by atoms with Crippen molar-refractivity contribution in [2.24, 2.45) is 0 Å². The summed E-state index contributed by atoms with van der Waals surface area (Å²) in [6.07, 6.45) is -5.76. The lowest BCUT2D eigenvalue weighted by Gasteiger charge is -2.14. The SMILES string of the molecule is FCC(F)(F)C(F)(F)F.O=C1NC(=O)c2c1cccc2[N+](=O)[O-].O=C1NC(=O)c2c1cccc2[N+](=O)[O-]. The van der Waals surface area contributed by atoms with Gasteiger partial charge in [0.2, 0.25) is 0 Å². The molecule has 0 unspecified atom stereocenters. The van der Waals surface area contributed by atoms with Crippen LogP contribution in [0.5, 0.6) is 0 Å². The van der Waals surface area contributed by atoms with Crippen molar-refractivity contribution in [2.45, 2.75) is 12.1 Å². The average molecular weight is 536 g/mol. The van der Waals surface area contributed by atoms with Gasteiger partial charge in [-0.25, -0.2) is 4.39 Å². The number of alkyl halides is 6. The van der Waals surface area contributed by atoms with E-state index in [-0.39, 0.29) is 33.6 Å². The van der Waals surface area contributed by atoms with Crippen LogP contribution < -0.4 is 10.6 Å². The average Bonchev–Trinajstić information content (AvgIpc) is 3.28. The first-order valence-electron chi connectivity index (χ1n) is 9.30. The van der Waals surface area contributed by atoms with Gasteiger partial charge in [-0.05, 0) is 12.1 Å². The number of nitrogens with zero attached hydrogens (tertiary/aromatic N) is 2. The van der Waals surface area contributed by atoms with E-state index in [0.717, 1.165) is 0 Å². The molecule has 12 nitrogen and oxygen atoms in total. The number of rotatable bonds is 3. The highest BCUT2D eigenvalue weighted by molar-refractivity contribution is 6.23.